The maximum Gasteiger partial charge on any atom is 0.226 e. The number of hydrogen-bond donors (Lipinski definition) is 2. The number of nitrogens with two attached hydrogens (primary N) is 1. The van der Waals surface area contributed by atoms with Crippen LogP contribution < -0.4 is 15.8 Å². The monoisotopic (exact) mass is 258 g/mol. The Morgan fingerprint density at radius 1 is 1.21 bits per heavy atom. The van der Waals surface area contributed by atoms with Crippen LogP contribution in [-0.2, 0) is 0 Å². The van der Waals surface area contributed by atoms with E-state index >= 15 is 0 Å². The van der Waals surface area contributed by atoms with Gasteiger partial charge in [0.15, 0.2) is 0 Å². The number of nitrogens with one attached hydrogen (secondary N) is 1. The van der Waals surface area contributed by atoms with Gasteiger partial charge in [-0.05, 0) is 23.6 Å². The van der Waals surface area contributed by atoms with E-state index in [9.17, 15) is 0 Å². The fraction of sp³-hybridized carbons (Fsp3) is 0.286. The second-order valence-corrected chi connectivity index (χ2v) is 4.53. The molecule has 0 fully saturated rings. The summed E-state index contributed by atoms with van der Waals surface area (Å²) in [4.78, 5) is 8.07. The second kappa shape index (κ2) is 5.56. The van der Waals surface area contributed by atoms with Gasteiger partial charge < -0.3 is 15.8 Å². The highest BCUT2D eigenvalue weighted by Gasteiger charge is 2.05. The Hall–Kier alpha value is -2.30. The lowest BCUT2D eigenvalue weighted by Gasteiger charge is -2.10. The van der Waals surface area contributed by atoms with Crippen molar-refractivity contribution in [3.8, 4) is 11.6 Å². The van der Waals surface area contributed by atoms with E-state index in [0.29, 0.717) is 17.6 Å². The number of nitrogens with zero attached hydrogens (tertiary/aromatic N) is 2. The highest BCUT2D eigenvalue weighted by Crippen LogP contribution is 2.25. The fourth-order valence-corrected chi connectivity index (χ4v) is 1.68. The van der Waals surface area contributed by atoms with Crippen LogP contribution in [0.15, 0.2) is 30.3 Å². The van der Waals surface area contributed by atoms with Gasteiger partial charge in [0.1, 0.15) is 11.6 Å². The Labute approximate surface area is 112 Å². The van der Waals surface area contributed by atoms with Crippen molar-refractivity contribution in [3.05, 3.63) is 35.9 Å². The third kappa shape index (κ3) is 3.34. The number of hydrogen-bond acceptors (Lipinski definition) is 5. The summed E-state index contributed by atoms with van der Waals surface area (Å²) in [5.41, 5.74) is 6.84. The minimum atomic E-state index is 0.182. The molecule has 0 bridgehead atoms. The molecule has 0 aliphatic carbocycles. The van der Waals surface area contributed by atoms with Gasteiger partial charge in [0, 0.05) is 13.1 Å². The fourth-order valence-electron chi connectivity index (χ4n) is 1.68. The van der Waals surface area contributed by atoms with E-state index in [1.807, 2.05) is 18.2 Å². The average molecular weight is 258 g/mol. The average Bonchev–Trinajstić information content (AvgIpc) is 2.38. The van der Waals surface area contributed by atoms with Crippen molar-refractivity contribution in [1.82, 2.24) is 9.97 Å². The molecule has 2 rings (SSSR count). The molecule has 5 heteroatoms. The number of ether oxygens (including phenoxy) is 1. The highest BCUT2D eigenvalue weighted by molar-refractivity contribution is 5.43. The Morgan fingerprint density at radius 2 is 2.00 bits per heavy atom. The molecule has 0 unspecified atom stereocenters. The Bertz CT molecular complexity index is 569. The van der Waals surface area contributed by atoms with Crippen LogP contribution in [0.5, 0.6) is 11.6 Å². The molecular weight excluding hydrogens is 240 g/mol. The molecule has 3 N–H and O–H groups in total. The minimum absolute atomic E-state index is 0.182. The van der Waals surface area contributed by atoms with Crippen LogP contribution >= 0.6 is 0 Å². The first-order chi connectivity index (χ1) is 9.08. The normalized spacial score (nSPS) is 10.5. The molecule has 19 heavy (non-hydrogen) atoms. The number of benzene rings is 1. The van der Waals surface area contributed by atoms with Crippen LogP contribution in [0.1, 0.15) is 25.3 Å². The van der Waals surface area contributed by atoms with Gasteiger partial charge in [-0.25, -0.2) is 0 Å². The number of aromatic nitrogens is 2. The summed E-state index contributed by atoms with van der Waals surface area (Å²) in [7, 11) is 1.77. The van der Waals surface area contributed by atoms with Gasteiger partial charge in [0.05, 0.1) is 0 Å². The molecule has 0 aliphatic heterocycles. The van der Waals surface area contributed by atoms with E-state index in [0.717, 1.165) is 5.75 Å². The summed E-state index contributed by atoms with van der Waals surface area (Å²) in [6.07, 6.45) is 0. The highest BCUT2D eigenvalue weighted by atomic mass is 16.5. The van der Waals surface area contributed by atoms with E-state index in [1.54, 1.807) is 13.1 Å². The third-order valence-electron chi connectivity index (χ3n) is 2.72. The van der Waals surface area contributed by atoms with Crippen molar-refractivity contribution in [2.45, 2.75) is 19.8 Å². The quantitative estimate of drug-likeness (QED) is 0.881. The Balaban J connectivity index is 2.25. The summed E-state index contributed by atoms with van der Waals surface area (Å²) in [6, 6.07) is 9.64. The molecule has 1 aromatic carbocycles. The second-order valence-electron chi connectivity index (χ2n) is 4.53. The lowest BCUT2D eigenvalue weighted by atomic mass is 10.0. The Morgan fingerprint density at radius 3 is 2.68 bits per heavy atom. The number of nitrogen functional groups attached to an aromatic ring is 1. The summed E-state index contributed by atoms with van der Waals surface area (Å²) >= 11 is 0. The van der Waals surface area contributed by atoms with Crippen LogP contribution in [0, 0.1) is 0 Å². The zero-order chi connectivity index (χ0) is 13.8. The van der Waals surface area contributed by atoms with Gasteiger partial charge in [0.25, 0.3) is 0 Å². The first kappa shape index (κ1) is 13.1. The Kier molecular flexibility index (Phi) is 3.85. The van der Waals surface area contributed by atoms with Gasteiger partial charge in [-0.2, -0.15) is 9.97 Å². The SMILES string of the molecule is CNc1cc(Oc2cccc(C(C)C)c2)nc(N)n1. The third-order valence-corrected chi connectivity index (χ3v) is 2.72. The molecule has 0 spiro atoms. The molecule has 1 aromatic heterocycles. The smallest absolute Gasteiger partial charge is 0.226 e. The van der Waals surface area contributed by atoms with Crippen molar-refractivity contribution < 1.29 is 4.74 Å². The predicted molar refractivity (Wildman–Crippen MR) is 76.6 cm³/mol. The summed E-state index contributed by atoms with van der Waals surface area (Å²) in [5, 5.41) is 2.91. The zero-order valence-corrected chi connectivity index (χ0v) is 11.3. The van der Waals surface area contributed by atoms with E-state index in [2.05, 4.69) is 35.2 Å². The topological polar surface area (TPSA) is 73.1 Å². The van der Waals surface area contributed by atoms with Crippen molar-refractivity contribution in [3.63, 3.8) is 0 Å². The largest absolute Gasteiger partial charge is 0.439 e. The molecule has 0 saturated heterocycles. The van der Waals surface area contributed by atoms with Crippen LogP contribution in [-0.4, -0.2) is 17.0 Å². The van der Waals surface area contributed by atoms with Crippen molar-refractivity contribution in [1.29, 1.82) is 0 Å². The first-order valence-electron chi connectivity index (χ1n) is 6.18. The number of anilines is 2. The van der Waals surface area contributed by atoms with Crippen LogP contribution in [0.2, 0.25) is 0 Å². The van der Waals surface area contributed by atoms with E-state index in [1.165, 1.54) is 5.56 Å². The summed E-state index contributed by atoms with van der Waals surface area (Å²) in [5.74, 6) is 2.43. The standard InChI is InChI=1S/C14H18N4O/c1-9(2)10-5-4-6-11(7-10)19-13-8-12(16-3)17-14(15)18-13/h4-9H,1-3H3,(H3,15,16,17,18). The first-order valence-corrected chi connectivity index (χ1v) is 6.18. The molecule has 0 radical (unpaired) electrons. The van der Waals surface area contributed by atoms with E-state index < -0.39 is 0 Å². The lowest BCUT2D eigenvalue weighted by molar-refractivity contribution is 0.462. The summed E-state index contributed by atoms with van der Waals surface area (Å²) < 4.78 is 5.72. The van der Waals surface area contributed by atoms with E-state index in [4.69, 9.17) is 10.5 Å². The van der Waals surface area contributed by atoms with Gasteiger partial charge in [-0.1, -0.05) is 26.0 Å². The molecule has 1 heterocycles. The van der Waals surface area contributed by atoms with Crippen LogP contribution in [0.3, 0.4) is 0 Å². The van der Waals surface area contributed by atoms with Gasteiger partial charge >= 0.3 is 0 Å². The van der Waals surface area contributed by atoms with Crippen LogP contribution in [0.4, 0.5) is 11.8 Å². The lowest BCUT2D eigenvalue weighted by Crippen LogP contribution is -2.01. The minimum Gasteiger partial charge on any atom is -0.439 e. The molecular formula is C14H18N4O. The van der Waals surface area contributed by atoms with Crippen LogP contribution in [0.25, 0.3) is 0 Å². The summed E-state index contributed by atoms with van der Waals surface area (Å²) in [6.45, 7) is 4.28. The van der Waals surface area contributed by atoms with Gasteiger partial charge in [0.2, 0.25) is 11.8 Å². The maximum atomic E-state index is 5.72. The molecule has 100 valence electrons. The van der Waals surface area contributed by atoms with E-state index in [-0.39, 0.29) is 5.95 Å². The maximum absolute atomic E-state index is 5.72. The molecule has 5 nitrogen and oxygen atoms in total. The molecule has 2 aromatic rings. The molecule has 0 amide bonds. The molecule has 0 saturated carbocycles. The predicted octanol–water partition coefficient (Wildman–Crippen LogP) is 3.02. The van der Waals surface area contributed by atoms with Crippen molar-refractivity contribution >= 4 is 11.8 Å². The molecule has 0 aliphatic rings. The number of rotatable bonds is 4. The van der Waals surface area contributed by atoms with Gasteiger partial charge in [-0.15, -0.1) is 0 Å². The van der Waals surface area contributed by atoms with Gasteiger partial charge in [-0.3, -0.25) is 0 Å². The van der Waals surface area contributed by atoms with Crippen molar-refractivity contribution in [2.24, 2.45) is 0 Å². The molecule has 0 atom stereocenters. The zero-order valence-electron chi connectivity index (χ0n) is 11.3. The van der Waals surface area contributed by atoms with Crippen molar-refractivity contribution in [2.75, 3.05) is 18.1 Å².